The standard InChI is InChI=1S/C23H16F5NO5S2/c1-32-19-11-16(7-8-18(19)33-13-14-5-3-2-4-6-14)35-20-10-15(12-29)9-17(22(24)25)21(20)34-36(30,31)23(26,27)28/h2-11,22H,13H2,1H3. The molecule has 0 spiro atoms. The van der Waals surface area contributed by atoms with Crippen LogP contribution in [0.2, 0.25) is 0 Å². The van der Waals surface area contributed by atoms with Crippen molar-refractivity contribution in [3.8, 4) is 23.3 Å². The second-order valence-corrected chi connectivity index (χ2v) is 9.63. The molecule has 0 radical (unpaired) electrons. The van der Waals surface area contributed by atoms with Gasteiger partial charge in [0, 0.05) is 4.90 Å². The summed E-state index contributed by atoms with van der Waals surface area (Å²) in [5.41, 5.74) is -6.50. The zero-order valence-corrected chi connectivity index (χ0v) is 19.9. The number of halogens is 5. The minimum absolute atomic E-state index is 0.207. The maximum Gasteiger partial charge on any atom is 0.534 e. The minimum atomic E-state index is -6.27. The van der Waals surface area contributed by atoms with Crippen molar-refractivity contribution in [2.24, 2.45) is 0 Å². The van der Waals surface area contributed by atoms with E-state index in [1.54, 1.807) is 6.07 Å². The average Bonchev–Trinajstić information content (AvgIpc) is 2.83. The Morgan fingerprint density at radius 3 is 2.31 bits per heavy atom. The number of methoxy groups -OCH3 is 1. The molecule has 0 fully saturated rings. The number of rotatable bonds is 9. The second-order valence-electron chi connectivity index (χ2n) is 6.98. The summed E-state index contributed by atoms with van der Waals surface area (Å²) in [5, 5.41) is 9.18. The zero-order valence-electron chi connectivity index (χ0n) is 18.3. The lowest BCUT2D eigenvalue weighted by Crippen LogP contribution is -2.28. The van der Waals surface area contributed by atoms with Gasteiger partial charge in [0.1, 0.15) is 6.61 Å². The number of ether oxygens (including phenoxy) is 2. The van der Waals surface area contributed by atoms with Gasteiger partial charge in [-0.2, -0.15) is 26.9 Å². The Bertz CT molecular complexity index is 1370. The van der Waals surface area contributed by atoms with Crippen LogP contribution < -0.4 is 13.7 Å². The lowest BCUT2D eigenvalue weighted by Gasteiger charge is -2.17. The van der Waals surface area contributed by atoms with Crippen molar-refractivity contribution in [2.45, 2.75) is 28.3 Å². The lowest BCUT2D eigenvalue weighted by atomic mass is 10.1. The molecule has 0 aliphatic rings. The molecule has 0 aliphatic carbocycles. The van der Waals surface area contributed by atoms with Crippen molar-refractivity contribution in [1.82, 2.24) is 0 Å². The van der Waals surface area contributed by atoms with Crippen LogP contribution in [0.1, 0.15) is 23.1 Å². The van der Waals surface area contributed by atoms with Crippen molar-refractivity contribution in [2.75, 3.05) is 7.11 Å². The molecular formula is C23H16F5NO5S2. The third kappa shape index (κ3) is 6.38. The van der Waals surface area contributed by atoms with Crippen molar-refractivity contribution in [1.29, 1.82) is 5.26 Å². The summed E-state index contributed by atoms with van der Waals surface area (Å²) in [4.78, 5) is -0.194. The fourth-order valence-corrected chi connectivity index (χ4v) is 4.41. The quantitative estimate of drug-likeness (QED) is 0.173. The van der Waals surface area contributed by atoms with Crippen molar-refractivity contribution >= 4 is 21.9 Å². The summed E-state index contributed by atoms with van der Waals surface area (Å²) < 4.78 is 104. The summed E-state index contributed by atoms with van der Waals surface area (Å²) in [6, 6.07) is 16.7. The fraction of sp³-hybridized carbons (Fsp3) is 0.174. The molecule has 0 atom stereocenters. The lowest BCUT2D eigenvalue weighted by molar-refractivity contribution is -0.0502. The van der Waals surface area contributed by atoms with Crippen LogP contribution in [0.4, 0.5) is 22.0 Å². The van der Waals surface area contributed by atoms with Crippen LogP contribution in [-0.2, 0) is 16.7 Å². The van der Waals surface area contributed by atoms with Gasteiger partial charge in [0.2, 0.25) is 0 Å². The molecule has 3 rings (SSSR count). The first-order chi connectivity index (χ1) is 16.9. The molecule has 0 amide bonds. The molecule has 0 heterocycles. The topological polar surface area (TPSA) is 85.6 Å². The van der Waals surface area contributed by atoms with Gasteiger partial charge in [0.05, 0.1) is 29.2 Å². The Labute approximate surface area is 207 Å². The van der Waals surface area contributed by atoms with E-state index in [2.05, 4.69) is 4.18 Å². The number of nitriles is 1. The Morgan fingerprint density at radius 1 is 1.03 bits per heavy atom. The Hall–Kier alpha value is -3.50. The molecule has 3 aromatic carbocycles. The molecule has 0 aromatic heterocycles. The SMILES string of the molecule is COc1cc(Sc2cc(C#N)cc(C(F)F)c2OS(=O)(=O)C(F)(F)F)ccc1OCc1ccccc1. The summed E-state index contributed by atoms with van der Waals surface area (Å²) >= 11 is 0.603. The van der Waals surface area contributed by atoms with Gasteiger partial charge < -0.3 is 13.7 Å². The van der Waals surface area contributed by atoms with Gasteiger partial charge in [-0.25, -0.2) is 8.78 Å². The highest BCUT2D eigenvalue weighted by atomic mass is 32.2. The van der Waals surface area contributed by atoms with Gasteiger partial charge in [0.15, 0.2) is 17.2 Å². The van der Waals surface area contributed by atoms with Gasteiger partial charge in [-0.3, -0.25) is 0 Å². The fourth-order valence-electron chi connectivity index (χ4n) is 2.87. The molecule has 6 nitrogen and oxygen atoms in total. The first kappa shape index (κ1) is 27.1. The van der Waals surface area contributed by atoms with E-state index in [1.807, 2.05) is 30.3 Å². The summed E-state index contributed by atoms with van der Waals surface area (Å²) in [5.74, 6) is -0.692. The van der Waals surface area contributed by atoms with Crippen LogP contribution in [0.15, 0.2) is 70.5 Å². The third-order valence-electron chi connectivity index (χ3n) is 4.52. The van der Waals surface area contributed by atoms with Crippen LogP contribution >= 0.6 is 11.8 Å². The minimum Gasteiger partial charge on any atom is -0.493 e. The average molecular weight is 546 g/mol. The number of benzene rings is 3. The highest BCUT2D eigenvalue weighted by Crippen LogP contribution is 2.45. The van der Waals surface area contributed by atoms with Crippen LogP contribution in [0, 0.1) is 11.3 Å². The third-order valence-corrected chi connectivity index (χ3v) is 6.49. The molecule has 13 heteroatoms. The van der Waals surface area contributed by atoms with E-state index in [9.17, 15) is 35.6 Å². The monoisotopic (exact) mass is 545 g/mol. The van der Waals surface area contributed by atoms with E-state index in [1.165, 1.54) is 25.3 Å². The number of hydrogen-bond acceptors (Lipinski definition) is 7. The molecule has 0 unspecified atom stereocenters. The molecule has 0 bridgehead atoms. The highest BCUT2D eigenvalue weighted by Gasteiger charge is 2.49. The van der Waals surface area contributed by atoms with Gasteiger partial charge in [-0.05, 0) is 35.9 Å². The molecule has 0 N–H and O–H groups in total. The predicted molar refractivity (Wildman–Crippen MR) is 120 cm³/mol. The van der Waals surface area contributed by atoms with E-state index in [-0.39, 0.29) is 22.8 Å². The van der Waals surface area contributed by atoms with E-state index < -0.39 is 38.3 Å². The predicted octanol–water partition coefficient (Wildman–Crippen LogP) is 6.46. The van der Waals surface area contributed by atoms with Gasteiger partial charge in [-0.15, -0.1) is 0 Å². The Kier molecular flexibility index (Phi) is 8.31. The molecule has 0 saturated carbocycles. The van der Waals surface area contributed by atoms with Crippen molar-refractivity contribution in [3.05, 3.63) is 77.4 Å². The van der Waals surface area contributed by atoms with E-state index in [0.29, 0.717) is 23.6 Å². The first-order valence-electron chi connectivity index (χ1n) is 9.84. The number of alkyl halides is 5. The molecule has 190 valence electrons. The molecule has 0 saturated heterocycles. The largest absolute Gasteiger partial charge is 0.534 e. The van der Waals surface area contributed by atoms with Gasteiger partial charge in [0.25, 0.3) is 6.43 Å². The zero-order chi connectivity index (χ0) is 26.5. The smallest absolute Gasteiger partial charge is 0.493 e. The van der Waals surface area contributed by atoms with Crippen LogP contribution in [0.25, 0.3) is 0 Å². The Balaban J connectivity index is 1.99. The molecule has 36 heavy (non-hydrogen) atoms. The van der Waals surface area contributed by atoms with E-state index in [0.717, 1.165) is 11.6 Å². The number of nitrogens with zero attached hydrogens (tertiary/aromatic N) is 1. The van der Waals surface area contributed by atoms with Crippen LogP contribution in [-0.4, -0.2) is 21.0 Å². The second kappa shape index (κ2) is 11.0. The molecular weight excluding hydrogens is 529 g/mol. The first-order valence-corrected chi connectivity index (χ1v) is 12.1. The van der Waals surface area contributed by atoms with Crippen molar-refractivity contribution < 1.29 is 44.0 Å². The molecule has 3 aromatic rings. The van der Waals surface area contributed by atoms with Crippen LogP contribution in [0.5, 0.6) is 17.2 Å². The summed E-state index contributed by atoms with van der Waals surface area (Å²) in [7, 11) is -4.93. The number of hydrogen-bond donors (Lipinski definition) is 0. The maximum atomic E-state index is 13.6. The summed E-state index contributed by atoms with van der Waals surface area (Å²) in [6.45, 7) is 0.207. The van der Waals surface area contributed by atoms with Gasteiger partial charge >= 0.3 is 15.6 Å². The van der Waals surface area contributed by atoms with Gasteiger partial charge in [-0.1, -0.05) is 42.1 Å². The Morgan fingerprint density at radius 2 is 1.72 bits per heavy atom. The van der Waals surface area contributed by atoms with E-state index in [4.69, 9.17) is 9.47 Å². The van der Waals surface area contributed by atoms with Crippen LogP contribution in [0.3, 0.4) is 0 Å². The summed E-state index contributed by atoms with van der Waals surface area (Å²) in [6.07, 6.45) is -3.43. The molecule has 0 aliphatic heterocycles. The highest BCUT2D eigenvalue weighted by molar-refractivity contribution is 7.99. The van der Waals surface area contributed by atoms with Crippen molar-refractivity contribution in [3.63, 3.8) is 0 Å². The van der Waals surface area contributed by atoms with E-state index >= 15 is 0 Å². The normalized spacial score (nSPS) is 11.7. The maximum absolute atomic E-state index is 13.6.